The molecule has 0 radical (unpaired) electrons. The Labute approximate surface area is 162 Å². The molecule has 0 bridgehead atoms. The van der Waals surface area contributed by atoms with Crippen LogP contribution in [-0.4, -0.2) is 23.5 Å². The van der Waals surface area contributed by atoms with Crippen molar-refractivity contribution in [2.24, 2.45) is 0 Å². The fourth-order valence-corrected chi connectivity index (χ4v) is 4.94. The maximum absolute atomic E-state index is 13.8. The molecule has 1 unspecified atom stereocenters. The normalized spacial score (nSPS) is 22.6. The summed E-state index contributed by atoms with van der Waals surface area (Å²) in [6, 6.07) is 13.3. The molecule has 2 nitrogen and oxygen atoms in total. The largest absolute Gasteiger partial charge is 0.489 e. The number of piperidine rings is 1. The molecular formula is C24H30FNO. The third-order valence-electron chi connectivity index (χ3n) is 6.39. The highest BCUT2D eigenvalue weighted by molar-refractivity contribution is 5.39. The van der Waals surface area contributed by atoms with Crippen molar-refractivity contribution in [3.05, 3.63) is 65.0 Å². The number of ether oxygens (including phenoxy) is 1. The number of hydrogen-bond acceptors (Lipinski definition) is 2. The molecule has 1 aliphatic carbocycles. The molecule has 4 rings (SSSR count). The molecule has 144 valence electrons. The van der Waals surface area contributed by atoms with Gasteiger partial charge in [0.25, 0.3) is 0 Å². The van der Waals surface area contributed by atoms with Gasteiger partial charge in [0, 0.05) is 11.1 Å². The lowest BCUT2D eigenvalue weighted by atomic mass is 9.72. The van der Waals surface area contributed by atoms with Crippen LogP contribution in [0.3, 0.4) is 0 Å². The van der Waals surface area contributed by atoms with E-state index in [1.165, 1.54) is 62.4 Å². The Hall–Kier alpha value is -1.87. The second kappa shape index (κ2) is 8.02. The minimum Gasteiger partial charge on any atom is -0.489 e. The summed E-state index contributed by atoms with van der Waals surface area (Å²) in [6.07, 6.45) is 8.80. The van der Waals surface area contributed by atoms with Gasteiger partial charge >= 0.3 is 0 Å². The van der Waals surface area contributed by atoms with E-state index < -0.39 is 0 Å². The van der Waals surface area contributed by atoms with Gasteiger partial charge in [-0.3, -0.25) is 4.90 Å². The average Bonchev–Trinajstić information content (AvgIpc) is 2.69. The van der Waals surface area contributed by atoms with Gasteiger partial charge in [0.2, 0.25) is 0 Å². The van der Waals surface area contributed by atoms with Crippen LogP contribution >= 0.6 is 0 Å². The predicted octanol–water partition coefficient (Wildman–Crippen LogP) is 5.53. The van der Waals surface area contributed by atoms with Gasteiger partial charge < -0.3 is 4.74 Å². The Kier molecular flexibility index (Phi) is 5.49. The number of likely N-dealkylation sites (tertiary alicyclic amines) is 1. The van der Waals surface area contributed by atoms with E-state index in [-0.39, 0.29) is 12.4 Å². The summed E-state index contributed by atoms with van der Waals surface area (Å²) in [4.78, 5) is 2.77. The van der Waals surface area contributed by atoms with Gasteiger partial charge in [-0.25, -0.2) is 4.39 Å². The van der Waals surface area contributed by atoms with Crippen LogP contribution in [0.15, 0.2) is 42.5 Å². The van der Waals surface area contributed by atoms with Crippen LogP contribution in [0, 0.1) is 5.82 Å². The quantitative estimate of drug-likeness (QED) is 0.689. The fraction of sp³-hybridized carbons (Fsp3) is 0.500. The molecule has 1 saturated heterocycles. The topological polar surface area (TPSA) is 12.5 Å². The van der Waals surface area contributed by atoms with E-state index in [0.29, 0.717) is 11.1 Å². The van der Waals surface area contributed by atoms with E-state index in [2.05, 4.69) is 30.0 Å². The minimum absolute atomic E-state index is 0.203. The Morgan fingerprint density at radius 1 is 1.07 bits per heavy atom. The van der Waals surface area contributed by atoms with Crippen molar-refractivity contribution in [1.82, 2.24) is 4.90 Å². The maximum Gasteiger partial charge on any atom is 0.129 e. The van der Waals surface area contributed by atoms with Gasteiger partial charge in [-0.1, -0.05) is 37.6 Å². The van der Waals surface area contributed by atoms with Crippen LogP contribution in [0.1, 0.15) is 55.7 Å². The Morgan fingerprint density at radius 2 is 1.96 bits per heavy atom. The molecule has 1 spiro atoms. The highest BCUT2D eigenvalue weighted by Crippen LogP contribution is 2.40. The molecule has 0 aromatic heterocycles. The molecule has 1 atom stereocenters. The fourth-order valence-electron chi connectivity index (χ4n) is 4.94. The third kappa shape index (κ3) is 3.89. The zero-order valence-electron chi connectivity index (χ0n) is 16.3. The van der Waals surface area contributed by atoms with Crippen LogP contribution in [0.25, 0.3) is 0 Å². The summed E-state index contributed by atoms with van der Waals surface area (Å²) >= 11 is 0. The summed E-state index contributed by atoms with van der Waals surface area (Å²) in [5.74, 6) is 0.646. The lowest BCUT2D eigenvalue weighted by molar-refractivity contribution is 0.0340. The summed E-state index contributed by atoms with van der Waals surface area (Å²) in [7, 11) is 0. The van der Waals surface area contributed by atoms with E-state index >= 15 is 0 Å². The van der Waals surface area contributed by atoms with Crippen molar-refractivity contribution < 1.29 is 9.13 Å². The third-order valence-corrected chi connectivity index (χ3v) is 6.39. The van der Waals surface area contributed by atoms with E-state index in [1.807, 2.05) is 6.07 Å². The zero-order valence-corrected chi connectivity index (χ0v) is 16.3. The first-order valence-corrected chi connectivity index (χ1v) is 10.4. The van der Waals surface area contributed by atoms with E-state index in [4.69, 9.17) is 4.74 Å². The van der Waals surface area contributed by atoms with Crippen molar-refractivity contribution in [2.75, 3.05) is 13.1 Å². The Morgan fingerprint density at radius 3 is 2.81 bits per heavy atom. The van der Waals surface area contributed by atoms with E-state index in [0.717, 1.165) is 18.6 Å². The van der Waals surface area contributed by atoms with Gasteiger partial charge in [-0.05, 0) is 80.9 Å². The first-order chi connectivity index (χ1) is 13.2. The van der Waals surface area contributed by atoms with Crippen molar-refractivity contribution in [3.63, 3.8) is 0 Å². The molecule has 1 aliphatic heterocycles. The van der Waals surface area contributed by atoms with E-state index in [1.54, 1.807) is 12.1 Å². The molecule has 0 amide bonds. The van der Waals surface area contributed by atoms with Crippen molar-refractivity contribution in [1.29, 1.82) is 0 Å². The second-order valence-corrected chi connectivity index (χ2v) is 8.16. The molecule has 1 fully saturated rings. The molecule has 2 aromatic carbocycles. The van der Waals surface area contributed by atoms with Gasteiger partial charge in [0.1, 0.15) is 18.2 Å². The SMILES string of the molecule is CCCN1CCCCC12CCc1cc(OCc3ccccc3F)ccc1C2. The predicted molar refractivity (Wildman–Crippen MR) is 108 cm³/mol. The number of aryl methyl sites for hydroxylation is 1. The van der Waals surface area contributed by atoms with Gasteiger partial charge in [-0.2, -0.15) is 0 Å². The molecule has 2 aromatic rings. The molecule has 0 N–H and O–H groups in total. The number of halogens is 1. The van der Waals surface area contributed by atoms with Crippen molar-refractivity contribution in [3.8, 4) is 5.75 Å². The monoisotopic (exact) mass is 367 g/mol. The van der Waals surface area contributed by atoms with Crippen LogP contribution in [0.2, 0.25) is 0 Å². The molecule has 3 heteroatoms. The first kappa shape index (κ1) is 18.5. The number of benzene rings is 2. The lowest BCUT2D eigenvalue weighted by Crippen LogP contribution is -2.55. The summed E-state index contributed by atoms with van der Waals surface area (Å²) in [6.45, 7) is 5.05. The number of fused-ring (bicyclic) bond motifs is 1. The first-order valence-electron chi connectivity index (χ1n) is 10.4. The Balaban J connectivity index is 1.47. The van der Waals surface area contributed by atoms with Crippen molar-refractivity contribution >= 4 is 0 Å². The maximum atomic E-state index is 13.8. The zero-order chi connectivity index (χ0) is 18.7. The second-order valence-electron chi connectivity index (χ2n) is 8.16. The van der Waals surface area contributed by atoms with Gasteiger partial charge in [0.15, 0.2) is 0 Å². The highest BCUT2D eigenvalue weighted by atomic mass is 19.1. The smallest absolute Gasteiger partial charge is 0.129 e. The molecular weight excluding hydrogens is 337 g/mol. The number of nitrogens with zero attached hydrogens (tertiary/aromatic N) is 1. The number of rotatable bonds is 5. The molecule has 1 heterocycles. The molecule has 27 heavy (non-hydrogen) atoms. The number of hydrogen-bond donors (Lipinski definition) is 0. The molecule has 0 saturated carbocycles. The van der Waals surface area contributed by atoms with Crippen LogP contribution in [0.4, 0.5) is 4.39 Å². The van der Waals surface area contributed by atoms with Gasteiger partial charge in [0.05, 0.1) is 0 Å². The van der Waals surface area contributed by atoms with Crippen LogP contribution in [-0.2, 0) is 19.4 Å². The van der Waals surface area contributed by atoms with Gasteiger partial charge in [-0.15, -0.1) is 0 Å². The van der Waals surface area contributed by atoms with Crippen molar-refractivity contribution in [2.45, 2.75) is 64.0 Å². The highest BCUT2D eigenvalue weighted by Gasteiger charge is 2.40. The van der Waals surface area contributed by atoms with E-state index in [9.17, 15) is 4.39 Å². The Bertz CT molecular complexity index is 788. The summed E-state index contributed by atoms with van der Waals surface area (Å²) < 4.78 is 19.7. The average molecular weight is 368 g/mol. The summed E-state index contributed by atoms with van der Waals surface area (Å²) in [5.41, 5.74) is 3.86. The summed E-state index contributed by atoms with van der Waals surface area (Å²) in [5, 5.41) is 0. The van der Waals surface area contributed by atoms with Crippen LogP contribution < -0.4 is 4.74 Å². The standard InChI is InChI=1S/C24H30FNO/c1-2-14-26-15-6-5-12-24(26)13-11-19-16-22(10-9-20(19)17-24)27-18-21-7-3-4-8-23(21)25/h3-4,7-10,16H,2,5-6,11-15,17-18H2,1H3. The van der Waals surface area contributed by atoms with Crippen LogP contribution in [0.5, 0.6) is 5.75 Å². The lowest BCUT2D eigenvalue weighted by Gasteiger charge is -2.50. The molecule has 2 aliphatic rings. The minimum atomic E-state index is -0.203.